The van der Waals surface area contributed by atoms with E-state index in [9.17, 15) is 0 Å². The lowest BCUT2D eigenvalue weighted by atomic mass is 9.89. The van der Waals surface area contributed by atoms with Gasteiger partial charge in [0.2, 0.25) is 0 Å². The molecule has 1 saturated carbocycles. The second-order valence-electron chi connectivity index (χ2n) is 5.41. The molecule has 15 heavy (non-hydrogen) atoms. The van der Waals surface area contributed by atoms with Crippen LogP contribution in [-0.4, -0.2) is 29.6 Å². The molecule has 0 heterocycles. The van der Waals surface area contributed by atoms with Gasteiger partial charge >= 0.3 is 0 Å². The Morgan fingerprint density at radius 3 is 2.07 bits per heavy atom. The van der Waals surface area contributed by atoms with Gasteiger partial charge in [0, 0.05) is 24.7 Å². The number of rotatable bonds is 7. The molecule has 0 bridgehead atoms. The van der Waals surface area contributed by atoms with Gasteiger partial charge in [-0.2, -0.15) is 0 Å². The Balaban J connectivity index is 2.74. The van der Waals surface area contributed by atoms with Crippen molar-refractivity contribution in [3.63, 3.8) is 0 Å². The zero-order valence-electron chi connectivity index (χ0n) is 10.9. The van der Waals surface area contributed by atoms with Crippen LogP contribution in [0.2, 0.25) is 0 Å². The summed E-state index contributed by atoms with van der Waals surface area (Å²) in [5, 5.41) is 0. The minimum atomic E-state index is 0.269. The minimum Gasteiger partial charge on any atom is -0.329 e. The summed E-state index contributed by atoms with van der Waals surface area (Å²) in [6.45, 7) is 11.2. The van der Waals surface area contributed by atoms with Crippen molar-refractivity contribution in [3.8, 4) is 0 Å². The van der Waals surface area contributed by atoms with E-state index < -0.39 is 0 Å². The molecule has 0 unspecified atom stereocenters. The molecule has 1 rings (SSSR count). The summed E-state index contributed by atoms with van der Waals surface area (Å²) >= 11 is 0. The average molecular weight is 212 g/mol. The second kappa shape index (κ2) is 5.31. The molecule has 90 valence electrons. The van der Waals surface area contributed by atoms with E-state index in [2.05, 4.69) is 32.6 Å². The topological polar surface area (TPSA) is 29.3 Å². The molecule has 0 radical (unpaired) electrons. The lowest BCUT2D eigenvalue weighted by Crippen LogP contribution is -2.55. The summed E-state index contributed by atoms with van der Waals surface area (Å²) in [4.78, 5) is 2.71. The van der Waals surface area contributed by atoms with Crippen LogP contribution >= 0.6 is 0 Å². The van der Waals surface area contributed by atoms with Crippen LogP contribution in [0.5, 0.6) is 0 Å². The zero-order valence-corrected chi connectivity index (χ0v) is 10.9. The smallest absolute Gasteiger partial charge is 0.0329 e. The molecule has 0 aromatic rings. The number of hydrogen-bond acceptors (Lipinski definition) is 2. The largest absolute Gasteiger partial charge is 0.329 e. The zero-order chi connectivity index (χ0) is 11.5. The molecule has 0 spiro atoms. The summed E-state index contributed by atoms with van der Waals surface area (Å²) < 4.78 is 0. The predicted molar refractivity (Wildman–Crippen MR) is 66.9 cm³/mol. The lowest BCUT2D eigenvalue weighted by Gasteiger charge is -2.44. The fraction of sp³-hybridized carbons (Fsp3) is 1.00. The quantitative estimate of drug-likeness (QED) is 0.703. The molecule has 0 saturated heterocycles. The van der Waals surface area contributed by atoms with Crippen molar-refractivity contribution in [2.24, 2.45) is 11.7 Å². The van der Waals surface area contributed by atoms with Gasteiger partial charge in [0.25, 0.3) is 0 Å². The van der Waals surface area contributed by atoms with Crippen molar-refractivity contribution in [2.45, 2.75) is 65.0 Å². The molecule has 2 N–H and O–H groups in total. The highest BCUT2D eigenvalue weighted by atomic mass is 15.3. The highest BCUT2D eigenvalue weighted by Crippen LogP contribution is 2.36. The molecule has 2 heteroatoms. The molecule has 2 nitrogen and oxygen atoms in total. The maximum Gasteiger partial charge on any atom is 0.0329 e. The first-order valence-corrected chi connectivity index (χ1v) is 6.56. The monoisotopic (exact) mass is 212 g/mol. The van der Waals surface area contributed by atoms with Gasteiger partial charge in [-0.05, 0) is 31.6 Å². The lowest BCUT2D eigenvalue weighted by molar-refractivity contribution is 0.0637. The molecule has 1 aliphatic rings. The van der Waals surface area contributed by atoms with Gasteiger partial charge in [-0.3, -0.25) is 4.90 Å². The van der Waals surface area contributed by atoms with Gasteiger partial charge in [-0.15, -0.1) is 0 Å². The van der Waals surface area contributed by atoms with Crippen LogP contribution in [0.3, 0.4) is 0 Å². The molecule has 0 atom stereocenters. The Morgan fingerprint density at radius 2 is 1.80 bits per heavy atom. The fourth-order valence-electron chi connectivity index (χ4n) is 2.57. The Kier molecular flexibility index (Phi) is 4.60. The Labute approximate surface area is 95.2 Å². The third-order valence-electron chi connectivity index (χ3n) is 3.85. The van der Waals surface area contributed by atoms with E-state index in [0.717, 1.165) is 18.5 Å². The van der Waals surface area contributed by atoms with E-state index in [0.29, 0.717) is 0 Å². The third-order valence-corrected chi connectivity index (χ3v) is 3.85. The summed E-state index contributed by atoms with van der Waals surface area (Å²) in [7, 11) is 0. The third kappa shape index (κ3) is 2.94. The molecule has 0 aromatic carbocycles. The van der Waals surface area contributed by atoms with Crippen molar-refractivity contribution in [1.29, 1.82) is 0 Å². The van der Waals surface area contributed by atoms with Crippen LogP contribution in [0, 0.1) is 5.92 Å². The van der Waals surface area contributed by atoms with Gasteiger partial charge in [0.05, 0.1) is 0 Å². The van der Waals surface area contributed by atoms with Crippen molar-refractivity contribution in [3.05, 3.63) is 0 Å². The first-order chi connectivity index (χ1) is 7.09. The molecular formula is C13H28N2. The first kappa shape index (κ1) is 13.0. The highest BCUT2D eigenvalue weighted by molar-refractivity contribution is 4.98. The predicted octanol–water partition coefficient (Wildman–Crippen LogP) is 2.62. The maximum atomic E-state index is 6.03. The number of nitrogens with zero attached hydrogens (tertiary/aromatic N) is 1. The van der Waals surface area contributed by atoms with Crippen molar-refractivity contribution in [2.75, 3.05) is 13.1 Å². The Morgan fingerprint density at radius 1 is 1.27 bits per heavy atom. The molecular weight excluding hydrogens is 184 g/mol. The molecule has 1 aliphatic carbocycles. The number of hydrogen-bond donors (Lipinski definition) is 1. The normalized spacial score (nSPS) is 17.8. The SMILES string of the molecule is CCC(CC)(CN)N(CC(C)C)C1CC1. The van der Waals surface area contributed by atoms with Crippen LogP contribution in [0.1, 0.15) is 53.4 Å². The van der Waals surface area contributed by atoms with Crippen LogP contribution in [-0.2, 0) is 0 Å². The highest BCUT2D eigenvalue weighted by Gasteiger charge is 2.41. The van der Waals surface area contributed by atoms with E-state index in [1.807, 2.05) is 0 Å². The number of nitrogens with two attached hydrogens (primary N) is 1. The summed E-state index contributed by atoms with van der Waals surface area (Å²) in [6.07, 6.45) is 5.13. The second-order valence-corrected chi connectivity index (χ2v) is 5.41. The summed E-state index contributed by atoms with van der Waals surface area (Å²) in [5.41, 5.74) is 6.30. The average Bonchev–Trinajstić information content (AvgIpc) is 3.02. The Bertz CT molecular complexity index is 173. The van der Waals surface area contributed by atoms with Crippen molar-refractivity contribution < 1.29 is 0 Å². The van der Waals surface area contributed by atoms with Crippen LogP contribution in [0.4, 0.5) is 0 Å². The summed E-state index contributed by atoms with van der Waals surface area (Å²) in [5.74, 6) is 0.745. The van der Waals surface area contributed by atoms with Gasteiger partial charge in [0.15, 0.2) is 0 Å². The minimum absolute atomic E-state index is 0.269. The van der Waals surface area contributed by atoms with Gasteiger partial charge < -0.3 is 5.73 Å². The molecule has 0 amide bonds. The summed E-state index contributed by atoms with van der Waals surface area (Å²) in [6, 6.07) is 0.829. The van der Waals surface area contributed by atoms with Crippen LogP contribution in [0.25, 0.3) is 0 Å². The van der Waals surface area contributed by atoms with E-state index in [1.54, 1.807) is 0 Å². The van der Waals surface area contributed by atoms with E-state index in [4.69, 9.17) is 5.73 Å². The van der Waals surface area contributed by atoms with Gasteiger partial charge in [-0.1, -0.05) is 27.7 Å². The Hall–Kier alpha value is -0.0800. The van der Waals surface area contributed by atoms with Crippen molar-refractivity contribution >= 4 is 0 Å². The fourth-order valence-corrected chi connectivity index (χ4v) is 2.57. The molecule has 0 aromatic heterocycles. The molecule has 0 aliphatic heterocycles. The molecule has 1 fully saturated rings. The van der Waals surface area contributed by atoms with E-state index in [1.165, 1.54) is 32.2 Å². The standard InChI is InChI=1S/C13H28N2/c1-5-13(6-2,10-14)15(9-11(3)4)12-7-8-12/h11-12H,5-10,14H2,1-4H3. The maximum absolute atomic E-state index is 6.03. The van der Waals surface area contributed by atoms with Crippen molar-refractivity contribution in [1.82, 2.24) is 4.90 Å². The van der Waals surface area contributed by atoms with E-state index >= 15 is 0 Å². The van der Waals surface area contributed by atoms with E-state index in [-0.39, 0.29) is 5.54 Å². The van der Waals surface area contributed by atoms with Gasteiger partial charge in [0.1, 0.15) is 0 Å². The van der Waals surface area contributed by atoms with Crippen LogP contribution < -0.4 is 5.73 Å². The van der Waals surface area contributed by atoms with Crippen LogP contribution in [0.15, 0.2) is 0 Å². The van der Waals surface area contributed by atoms with Gasteiger partial charge in [-0.25, -0.2) is 0 Å². The first-order valence-electron chi connectivity index (χ1n) is 6.56.